The van der Waals surface area contributed by atoms with Crippen LogP contribution in [0.25, 0.3) is 11.3 Å². The molecular formula is C15H20N2OS. The molecule has 0 spiro atoms. The highest BCUT2D eigenvalue weighted by atomic mass is 32.2. The smallest absolute Gasteiger partial charge is 0.147 e. The van der Waals surface area contributed by atoms with E-state index >= 15 is 0 Å². The van der Waals surface area contributed by atoms with Gasteiger partial charge >= 0.3 is 0 Å². The molecule has 19 heavy (non-hydrogen) atoms. The zero-order valence-corrected chi connectivity index (χ0v) is 12.2. The van der Waals surface area contributed by atoms with Gasteiger partial charge in [-0.1, -0.05) is 35.0 Å². The lowest BCUT2D eigenvalue weighted by atomic mass is 10.1. The van der Waals surface area contributed by atoms with Crippen LogP contribution in [-0.4, -0.2) is 17.0 Å². The topological polar surface area (TPSA) is 52.0 Å². The van der Waals surface area contributed by atoms with Gasteiger partial charge in [-0.15, -0.1) is 0 Å². The molecule has 1 aromatic carbocycles. The molecule has 102 valence electrons. The van der Waals surface area contributed by atoms with Crippen molar-refractivity contribution in [2.45, 2.75) is 32.1 Å². The molecule has 1 unspecified atom stereocenters. The van der Waals surface area contributed by atoms with E-state index in [0.29, 0.717) is 0 Å². The summed E-state index contributed by atoms with van der Waals surface area (Å²) < 4.78 is 5.35. The van der Waals surface area contributed by atoms with Crippen molar-refractivity contribution in [1.82, 2.24) is 5.16 Å². The van der Waals surface area contributed by atoms with E-state index in [4.69, 9.17) is 10.3 Å². The third-order valence-corrected chi connectivity index (χ3v) is 3.88. The van der Waals surface area contributed by atoms with Crippen LogP contribution in [0.3, 0.4) is 0 Å². The summed E-state index contributed by atoms with van der Waals surface area (Å²) in [6, 6.07) is 10.6. The van der Waals surface area contributed by atoms with Gasteiger partial charge in [-0.3, -0.25) is 0 Å². The van der Waals surface area contributed by atoms with Crippen molar-refractivity contribution >= 4 is 11.8 Å². The summed E-state index contributed by atoms with van der Waals surface area (Å²) in [5, 5.41) is 4.12. The van der Waals surface area contributed by atoms with Crippen LogP contribution >= 0.6 is 11.8 Å². The van der Waals surface area contributed by atoms with Gasteiger partial charge in [0.05, 0.1) is 5.75 Å². The lowest BCUT2D eigenvalue weighted by Crippen LogP contribution is -2.15. The maximum atomic E-state index is 5.72. The van der Waals surface area contributed by atoms with Crippen LogP contribution in [0.15, 0.2) is 34.9 Å². The highest BCUT2D eigenvalue weighted by Crippen LogP contribution is 2.22. The number of benzene rings is 1. The van der Waals surface area contributed by atoms with E-state index in [-0.39, 0.29) is 6.04 Å². The Bertz CT molecular complexity index is 505. The van der Waals surface area contributed by atoms with E-state index in [0.717, 1.165) is 34.9 Å². The van der Waals surface area contributed by atoms with Crippen molar-refractivity contribution in [2.24, 2.45) is 5.73 Å². The Kier molecular flexibility index (Phi) is 5.05. The van der Waals surface area contributed by atoms with Crippen molar-refractivity contribution in [1.29, 1.82) is 0 Å². The largest absolute Gasteiger partial charge is 0.360 e. The number of hydrogen-bond acceptors (Lipinski definition) is 4. The number of nitrogens with zero attached hydrogens (tertiary/aromatic N) is 1. The van der Waals surface area contributed by atoms with Gasteiger partial charge in [0, 0.05) is 17.7 Å². The second-order valence-corrected chi connectivity index (χ2v) is 5.97. The van der Waals surface area contributed by atoms with Crippen LogP contribution in [0.4, 0.5) is 0 Å². The molecule has 3 nitrogen and oxygen atoms in total. The first kappa shape index (κ1) is 14.2. The maximum absolute atomic E-state index is 5.72. The molecule has 0 bridgehead atoms. The van der Waals surface area contributed by atoms with Gasteiger partial charge in [0.2, 0.25) is 0 Å². The van der Waals surface area contributed by atoms with Crippen LogP contribution in [-0.2, 0) is 5.75 Å². The Balaban J connectivity index is 1.90. The summed E-state index contributed by atoms with van der Waals surface area (Å²) in [6.45, 7) is 4.11. The van der Waals surface area contributed by atoms with Gasteiger partial charge in [0.15, 0.2) is 0 Å². The van der Waals surface area contributed by atoms with Gasteiger partial charge in [0.1, 0.15) is 11.5 Å². The number of nitrogens with two attached hydrogens (primary N) is 1. The fourth-order valence-electron chi connectivity index (χ4n) is 1.68. The van der Waals surface area contributed by atoms with Crippen molar-refractivity contribution in [2.75, 3.05) is 5.75 Å². The highest BCUT2D eigenvalue weighted by Gasteiger charge is 2.06. The lowest BCUT2D eigenvalue weighted by molar-refractivity contribution is 0.397. The minimum absolute atomic E-state index is 0.269. The molecule has 0 saturated heterocycles. The van der Waals surface area contributed by atoms with Crippen molar-refractivity contribution in [3.8, 4) is 11.3 Å². The Labute approximate surface area is 118 Å². The zero-order chi connectivity index (χ0) is 13.7. The number of hydrogen-bond donors (Lipinski definition) is 1. The van der Waals surface area contributed by atoms with Crippen LogP contribution in [0.1, 0.15) is 24.7 Å². The van der Waals surface area contributed by atoms with Gasteiger partial charge in [-0.05, 0) is 26.0 Å². The molecule has 2 aromatic rings. The molecule has 0 amide bonds. The van der Waals surface area contributed by atoms with Gasteiger partial charge in [-0.25, -0.2) is 0 Å². The molecule has 0 aliphatic carbocycles. The van der Waals surface area contributed by atoms with Gasteiger partial charge in [0.25, 0.3) is 0 Å². The Morgan fingerprint density at radius 1 is 1.32 bits per heavy atom. The summed E-state index contributed by atoms with van der Waals surface area (Å²) in [5.74, 6) is 2.83. The SMILES string of the molecule is Cc1ccc(-c2cc(CSCCC(C)N)on2)cc1. The van der Waals surface area contributed by atoms with Crippen LogP contribution in [0.2, 0.25) is 0 Å². The average Bonchev–Trinajstić information content (AvgIpc) is 2.84. The Morgan fingerprint density at radius 3 is 2.74 bits per heavy atom. The summed E-state index contributed by atoms with van der Waals surface area (Å²) in [5.41, 5.74) is 8.97. The van der Waals surface area contributed by atoms with Crippen LogP contribution < -0.4 is 5.73 Å². The van der Waals surface area contributed by atoms with E-state index in [1.807, 2.05) is 24.8 Å². The molecule has 0 aliphatic heterocycles. The van der Waals surface area contributed by atoms with Crippen molar-refractivity contribution < 1.29 is 4.52 Å². The lowest BCUT2D eigenvalue weighted by Gasteiger charge is -2.02. The summed E-state index contributed by atoms with van der Waals surface area (Å²) >= 11 is 1.83. The summed E-state index contributed by atoms with van der Waals surface area (Å²) in [4.78, 5) is 0. The molecule has 0 saturated carbocycles. The van der Waals surface area contributed by atoms with Crippen molar-refractivity contribution in [3.05, 3.63) is 41.7 Å². The average molecular weight is 276 g/mol. The normalized spacial score (nSPS) is 12.6. The molecule has 0 aliphatic rings. The van der Waals surface area contributed by atoms with Crippen LogP contribution in [0, 0.1) is 6.92 Å². The molecule has 2 N–H and O–H groups in total. The van der Waals surface area contributed by atoms with E-state index in [1.54, 1.807) is 0 Å². The van der Waals surface area contributed by atoms with Gasteiger partial charge in [-0.2, -0.15) is 11.8 Å². The third kappa shape index (κ3) is 4.40. The van der Waals surface area contributed by atoms with E-state index in [1.165, 1.54) is 5.56 Å². The predicted octanol–water partition coefficient (Wildman–Crippen LogP) is 3.62. The monoisotopic (exact) mass is 276 g/mol. The van der Waals surface area contributed by atoms with Crippen LogP contribution in [0.5, 0.6) is 0 Å². The molecule has 4 heteroatoms. The number of rotatable bonds is 6. The standard InChI is InChI=1S/C15H20N2OS/c1-11-3-5-13(6-4-11)15-9-14(18-17-15)10-19-8-7-12(2)16/h3-6,9,12H,7-8,10,16H2,1-2H3. The fraction of sp³-hybridized carbons (Fsp3) is 0.400. The number of aryl methyl sites for hydroxylation is 1. The summed E-state index contributed by atoms with van der Waals surface area (Å²) in [6.07, 6.45) is 1.03. The number of thioether (sulfide) groups is 1. The molecule has 0 fully saturated rings. The third-order valence-electron chi connectivity index (χ3n) is 2.87. The molecular weight excluding hydrogens is 256 g/mol. The highest BCUT2D eigenvalue weighted by molar-refractivity contribution is 7.98. The molecule has 1 heterocycles. The van der Waals surface area contributed by atoms with E-state index < -0.39 is 0 Å². The second-order valence-electron chi connectivity index (χ2n) is 4.86. The molecule has 1 atom stereocenters. The maximum Gasteiger partial charge on any atom is 0.147 e. The van der Waals surface area contributed by atoms with Crippen molar-refractivity contribution in [3.63, 3.8) is 0 Å². The molecule has 1 aromatic heterocycles. The van der Waals surface area contributed by atoms with Gasteiger partial charge < -0.3 is 10.3 Å². The quantitative estimate of drug-likeness (QED) is 0.819. The van der Waals surface area contributed by atoms with E-state index in [2.05, 4.69) is 36.3 Å². The first-order chi connectivity index (χ1) is 9.15. The first-order valence-electron chi connectivity index (χ1n) is 6.51. The minimum atomic E-state index is 0.269. The zero-order valence-electron chi connectivity index (χ0n) is 11.4. The minimum Gasteiger partial charge on any atom is -0.360 e. The molecule has 0 radical (unpaired) electrons. The first-order valence-corrected chi connectivity index (χ1v) is 7.66. The Morgan fingerprint density at radius 2 is 2.05 bits per heavy atom. The summed E-state index contributed by atoms with van der Waals surface area (Å²) in [7, 11) is 0. The predicted molar refractivity (Wildman–Crippen MR) is 81.1 cm³/mol. The molecule has 2 rings (SSSR count). The van der Waals surface area contributed by atoms with E-state index in [9.17, 15) is 0 Å². The number of aromatic nitrogens is 1. The second kappa shape index (κ2) is 6.78. The Hall–Kier alpha value is -1.26. The fourth-order valence-corrected chi connectivity index (χ4v) is 2.70.